The van der Waals surface area contributed by atoms with Crippen molar-refractivity contribution in [3.05, 3.63) is 23.8 Å². The molecule has 0 aliphatic carbocycles. The molecule has 7 N–H and O–H groups in total. The number of carboxylic acids is 2. The zero-order valence-electron chi connectivity index (χ0n) is 13.4. The molecule has 0 aliphatic heterocycles. The maximum Gasteiger partial charge on any atom is 0.323 e. The Labute approximate surface area is 139 Å². The average molecular weight is 344 g/mol. The predicted molar refractivity (Wildman–Crippen MR) is 85.3 cm³/mol. The first kappa shape index (κ1) is 21.6. The van der Waals surface area contributed by atoms with E-state index in [9.17, 15) is 14.7 Å². The first-order valence-electron chi connectivity index (χ1n) is 7.25. The van der Waals surface area contributed by atoms with Crippen molar-refractivity contribution in [3.63, 3.8) is 0 Å². The molecule has 0 heterocycles. The third-order valence-corrected chi connectivity index (χ3v) is 3.00. The summed E-state index contributed by atoms with van der Waals surface area (Å²) in [5.41, 5.74) is 7.52. The van der Waals surface area contributed by atoms with Gasteiger partial charge in [0.05, 0.1) is 13.5 Å². The lowest BCUT2D eigenvalue weighted by Crippen LogP contribution is -2.34. The van der Waals surface area contributed by atoms with Crippen LogP contribution in [0.4, 0.5) is 0 Å². The fourth-order valence-corrected chi connectivity index (χ4v) is 1.74. The van der Waals surface area contributed by atoms with Gasteiger partial charge in [0, 0.05) is 0 Å². The van der Waals surface area contributed by atoms with Crippen molar-refractivity contribution < 1.29 is 34.9 Å². The number of phenols is 1. The second-order valence-corrected chi connectivity index (χ2v) is 4.88. The smallest absolute Gasteiger partial charge is 0.323 e. The minimum atomic E-state index is -1.04. The summed E-state index contributed by atoms with van der Waals surface area (Å²) >= 11 is 0. The van der Waals surface area contributed by atoms with Crippen LogP contribution in [0.2, 0.25) is 0 Å². The highest BCUT2D eigenvalue weighted by atomic mass is 16.5. The second kappa shape index (κ2) is 12.1. The molecule has 0 amide bonds. The minimum absolute atomic E-state index is 0.0108. The summed E-state index contributed by atoms with van der Waals surface area (Å²) in [6, 6.07) is 3.61. The molecule has 0 saturated heterocycles. The van der Waals surface area contributed by atoms with Gasteiger partial charge in [0.1, 0.15) is 6.04 Å². The topological polar surface area (TPSA) is 162 Å². The van der Waals surface area contributed by atoms with E-state index in [2.05, 4.69) is 0 Å². The molecule has 9 nitrogen and oxygen atoms in total. The highest BCUT2D eigenvalue weighted by Crippen LogP contribution is 2.26. The van der Waals surface area contributed by atoms with E-state index in [4.69, 9.17) is 25.9 Å². The first-order valence-corrected chi connectivity index (χ1v) is 7.25. The monoisotopic (exact) mass is 344 g/mol. The van der Waals surface area contributed by atoms with Crippen LogP contribution in [0.25, 0.3) is 0 Å². The van der Waals surface area contributed by atoms with Crippen LogP contribution in [0.1, 0.15) is 24.8 Å². The molecule has 0 saturated carbocycles. The van der Waals surface area contributed by atoms with E-state index in [1.165, 1.54) is 19.2 Å². The Bertz CT molecular complexity index is 523. The molecule has 24 heavy (non-hydrogen) atoms. The zero-order chi connectivity index (χ0) is 18.5. The molecule has 1 aromatic rings. The van der Waals surface area contributed by atoms with Crippen molar-refractivity contribution in [2.24, 2.45) is 5.73 Å². The number of rotatable bonds is 9. The Morgan fingerprint density at radius 2 is 1.96 bits per heavy atom. The molecule has 0 radical (unpaired) electrons. The van der Waals surface area contributed by atoms with Crippen LogP contribution in [0.3, 0.4) is 0 Å². The van der Waals surface area contributed by atoms with E-state index in [1.807, 2.05) is 0 Å². The van der Waals surface area contributed by atoms with Crippen molar-refractivity contribution in [1.29, 1.82) is 0 Å². The molecule has 0 aliphatic rings. The quantitative estimate of drug-likeness (QED) is 0.278. The molecule has 0 spiro atoms. The number of unbranched alkanes of at least 4 members (excludes halogenated alkanes) is 1. The number of hydroxylamine groups is 1. The van der Waals surface area contributed by atoms with Crippen LogP contribution < -0.4 is 16.0 Å². The molecular weight excluding hydrogens is 320 g/mol. The first-order chi connectivity index (χ1) is 11.3. The minimum Gasteiger partial charge on any atom is -0.504 e. The lowest BCUT2D eigenvalue weighted by Gasteiger charge is -2.08. The highest BCUT2D eigenvalue weighted by Gasteiger charge is 2.14. The van der Waals surface area contributed by atoms with Crippen molar-refractivity contribution in [3.8, 4) is 11.5 Å². The number of nitrogens with two attached hydrogens (primary N) is 1. The van der Waals surface area contributed by atoms with Gasteiger partial charge in [-0.15, -0.1) is 0 Å². The van der Waals surface area contributed by atoms with Crippen LogP contribution in [0, 0.1) is 0 Å². The lowest BCUT2D eigenvalue weighted by atomic mass is 10.1. The number of ether oxygens (including phenoxy) is 1. The summed E-state index contributed by atoms with van der Waals surface area (Å²) in [6.07, 6.45) is 1.83. The largest absolute Gasteiger partial charge is 0.504 e. The summed E-state index contributed by atoms with van der Waals surface area (Å²) in [7, 11) is 1.42. The van der Waals surface area contributed by atoms with Gasteiger partial charge >= 0.3 is 11.9 Å². The van der Waals surface area contributed by atoms with Gasteiger partial charge < -0.3 is 31.0 Å². The lowest BCUT2D eigenvalue weighted by molar-refractivity contribution is -0.142. The fraction of sp³-hybridized carbons (Fsp3) is 0.467. The summed E-state index contributed by atoms with van der Waals surface area (Å²) in [5.74, 6) is -1.65. The third kappa shape index (κ3) is 8.93. The molecule has 0 fully saturated rings. The molecule has 1 rings (SSSR count). The number of methoxy groups -OCH3 is 1. The number of aliphatic carboxylic acids is 2. The highest BCUT2D eigenvalue weighted by molar-refractivity contribution is 5.73. The van der Waals surface area contributed by atoms with E-state index in [-0.39, 0.29) is 12.2 Å². The van der Waals surface area contributed by atoms with Crippen LogP contribution in [-0.2, 0) is 16.0 Å². The number of hydrogen-bond donors (Lipinski definition) is 6. The number of carboxylic acid groups (broad SMARTS) is 2. The molecule has 0 bridgehead atoms. The second-order valence-electron chi connectivity index (χ2n) is 4.88. The van der Waals surface area contributed by atoms with Gasteiger partial charge in [0.25, 0.3) is 0 Å². The Balaban J connectivity index is 0.000000449. The molecule has 9 heteroatoms. The third-order valence-electron chi connectivity index (χ3n) is 3.00. The Morgan fingerprint density at radius 3 is 2.42 bits per heavy atom. The van der Waals surface area contributed by atoms with Gasteiger partial charge in [0.15, 0.2) is 11.5 Å². The predicted octanol–water partition coefficient (Wildman–Crippen LogP) is 0.575. The fourth-order valence-electron chi connectivity index (χ4n) is 1.74. The van der Waals surface area contributed by atoms with E-state index in [0.717, 1.165) is 6.42 Å². The van der Waals surface area contributed by atoms with Crippen LogP contribution >= 0.6 is 0 Å². The summed E-state index contributed by atoms with van der Waals surface area (Å²) in [6.45, 7) is 0.553. The summed E-state index contributed by atoms with van der Waals surface area (Å²) in [5, 5.41) is 34.4. The SMILES string of the molecule is COc1cc(CC(=O)O)ccc1O.NCCCC[C@H](NO)C(=O)O. The van der Waals surface area contributed by atoms with Gasteiger partial charge in [-0.3, -0.25) is 9.59 Å². The molecular formula is C15H24N2O7. The number of carbonyl (C=O) groups is 2. The normalized spacial score (nSPS) is 11.1. The van der Waals surface area contributed by atoms with E-state index < -0.39 is 18.0 Å². The number of benzene rings is 1. The van der Waals surface area contributed by atoms with E-state index in [0.29, 0.717) is 30.7 Å². The Morgan fingerprint density at radius 1 is 1.29 bits per heavy atom. The van der Waals surface area contributed by atoms with Gasteiger partial charge in [-0.1, -0.05) is 6.07 Å². The van der Waals surface area contributed by atoms with Crippen molar-refractivity contribution in [1.82, 2.24) is 5.48 Å². The average Bonchev–Trinajstić information content (AvgIpc) is 2.53. The molecule has 136 valence electrons. The number of phenolic OH excluding ortho intramolecular Hbond substituents is 1. The Kier molecular flexibility index (Phi) is 10.9. The molecule has 1 aromatic carbocycles. The zero-order valence-corrected chi connectivity index (χ0v) is 13.4. The van der Waals surface area contributed by atoms with Gasteiger partial charge in [-0.05, 0) is 43.5 Å². The number of aromatic hydroxyl groups is 1. The number of nitrogens with one attached hydrogen (secondary N) is 1. The number of hydrogen-bond acceptors (Lipinski definition) is 7. The Hall–Kier alpha value is -2.36. The van der Waals surface area contributed by atoms with Crippen LogP contribution in [-0.4, -0.2) is 52.2 Å². The van der Waals surface area contributed by atoms with Gasteiger partial charge in [-0.25, -0.2) is 0 Å². The molecule has 0 unspecified atom stereocenters. The van der Waals surface area contributed by atoms with Crippen molar-refractivity contribution in [2.75, 3.05) is 13.7 Å². The molecule has 0 aromatic heterocycles. The van der Waals surface area contributed by atoms with Crippen LogP contribution in [0.5, 0.6) is 11.5 Å². The standard InChI is InChI=1S/C9H10O4.C6H14N2O3/c1-13-8-4-6(5-9(11)12)2-3-7(8)10;7-4-2-1-3-5(8-11)6(9)10/h2-4,10H,5H2,1H3,(H,11,12);5,8,11H,1-4,7H2,(H,9,10)/t;5-/m.0/s1. The van der Waals surface area contributed by atoms with E-state index >= 15 is 0 Å². The maximum absolute atomic E-state index is 10.3. The molecule has 1 atom stereocenters. The van der Waals surface area contributed by atoms with Gasteiger partial charge in [0.2, 0.25) is 0 Å². The van der Waals surface area contributed by atoms with Crippen molar-refractivity contribution in [2.45, 2.75) is 31.7 Å². The summed E-state index contributed by atoms with van der Waals surface area (Å²) < 4.78 is 4.82. The summed E-state index contributed by atoms with van der Waals surface area (Å²) in [4.78, 5) is 20.6. The maximum atomic E-state index is 10.3. The van der Waals surface area contributed by atoms with E-state index in [1.54, 1.807) is 11.5 Å². The van der Waals surface area contributed by atoms with Crippen LogP contribution in [0.15, 0.2) is 18.2 Å². The van der Waals surface area contributed by atoms with Gasteiger partial charge in [-0.2, -0.15) is 5.48 Å². The van der Waals surface area contributed by atoms with Crippen molar-refractivity contribution >= 4 is 11.9 Å².